The number of halogens is 2. The monoisotopic (exact) mass is 406 g/mol. The molecule has 0 N–H and O–H groups in total. The average Bonchev–Trinajstić information content (AvgIpc) is 2.59. The van der Waals surface area contributed by atoms with Crippen molar-refractivity contribution in [2.24, 2.45) is 0 Å². The fourth-order valence-corrected chi connectivity index (χ4v) is 3.30. The van der Waals surface area contributed by atoms with E-state index in [1.807, 2.05) is 36.4 Å². The molecule has 124 valence electrons. The van der Waals surface area contributed by atoms with E-state index in [0.717, 1.165) is 15.7 Å². The third kappa shape index (κ3) is 3.79. The summed E-state index contributed by atoms with van der Waals surface area (Å²) in [6.45, 7) is 1.13. The van der Waals surface area contributed by atoms with Crippen molar-refractivity contribution in [3.05, 3.63) is 63.6 Å². The molecule has 1 aliphatic heterocycles. The number of anilines is 1. The summed E-state index contributed by atoms with van der Waals surface area (Å²) in [5.41, 5.74) is 1.69. The smallest absolute Gasteiger partial charge is 0.246 e. The Morgan fingerprint density at radius 3 is 2.58 bits per heavy atom. The van der Waals surface area contributed by atoms with Crippen LogP contribution >= 0.6 is 27.5 Å². The van der Waals surface area contributed by atoms with Crippen molar-refractivity contribution in [3.8, 4) is 0 Å². The second-order valence-electron chi connectivity index (χ2n) is 5.61. The van der Waals surface area contributed by atoms with Gasteiger partial charge in [-0.2, -0.15) is 0 Å². The highest BCUT2D eigenvalue weighted by Crippen LogP contribution is 2.23. The third-order valence-corrected chi connectivity index (χ3v) is 5.00. The second-order valence-corrected chi connectivity index (χ2v) is 6.90. The van der Waals surface area contributed by atoms with Gasteiger partial charge in [0.05, 0.1) is 6.42 Å². The largest absolute Gasteiger partial charge is 0.331 e. The molecular weight excluding hydrogens is 392 g/mol. The van der Waals surface area contributed by atoms with E-state index in [0.29, 0.717) is 18.1 Å². The zero-order valence-corrected chi connectivity index (χ0v) is 15.3. The van der Waals surface area contributed by atoms with E-state index in [9.17, 15) is 9.59 Å². The standard InChI is InChI=1S/C18H16BrClN2O2/c19-16-7-6-14(20)10-13(16)11-17(23)21-8-9-22(18(24)12-21)15-4-2-1-3-5-15/h1-7,10H,8-9,11-12H2. The first-order valence-electron chi connectivity index (χ1n) is 7.62. The maximum atomic E-state index is 12.5. The van der Waals surface area contributed by atoms with Gasteiger partial charge in [0.15, 0.2) is 0 Å². The lowest BCUT2D eigenvalue weighted by molar-refractivity contribution is -0.136. The van der Waals surface area contributed by atoms with E-state index < -0.39 is 0 Å². The molecule has 0 atom stereocenters. The first-order chi connectivity index (χ1) is 11.5. The van der Waals surface area contributed by atoms with Crippen molar-refractivity contribution < 1.29 is 9.59 Å². The molecule has 0 spiro atoms. The molecule has 0 bridgehead atoms. The van der Waals surface area contributed by atoms with Crippen LogP contribution in [0.5, 0.6) is 0 Å². The maximum absolute atomic E-state index is 12.5. The number of nitrogens with zero attached hydrogens (tertiary/aromatic N) is 2. The van der Waals surface area contributed by atoms with Crippen LogP contribution in [0.3, 0.4) is 0 Å². The van der Waals surface area contributed by atoms with E-state index in [2.05, 4.69) is 15.9 Å². The summed E-state index contributed by atoms with van der Waals surface area (Å²) < 4.78 is 0.842. The van der Waals surface area contributed by atoms with Gasteiger partial charge in [-0.3, -0.25) is 9.59 Å². The minimum Gasteiger partial charge on any atom is -0.331 e. The van der Waals surface area contributed by atoms with Gasteiger partial charge < -0.3 is 9.80 Å². The zero-order chi connectivity index (χ0) is 17.1. The SMILES string of the molecule is O=C(Cc1cc(Cl)ccc1Br)N1CCN(c2ccccc2)C(=O)C1. The minimum absolute atomic E-state index is 0.0639. The molecule has 1 saturated heterocycles. The fourth-order valence-electron chi connectivity index (χ4n) is 2.72. The summed E-state index contributed by atoms with van der Waals surface area (Å²) in [7, 11) is 0. The fraction of sp³-hybridized carbons (Fsp3) is 0.222. The Morgan fingerprint density at radius 2 is 1.88 bits per heavy atom. The lowest BCUT2D eigenvalue weighted by Gasteiger charge is -2.34. The molecule has 1 heterocycles. The van der Waals surface area contributed by atoms with Crippen molar-refractivity contribution in [3.63, 3.8) is 0 Å². The van der Waals surface area contributed by atoms with E-state index in [1.54, 1.807) is 21.9 Å². The van der Waals surface area contributed by atoms with E-state index in [4.69, 9.17) is 11.6 Å². The molecule has 3 rings (SSSR count). The van der Waals surface area contributed by atoms with Crippen LogP contribution in [0.15, 0.2) is 53.0 Å². The molecule has 0 aromatic heterocycles. The quantitative estimate of drug-likeness (QED) is 0.781. The van der Waals surface area contributed by atoms with Crippen LogP contribution in [0.2, 0.25) is 5.02 Å². The first-order valence-corrected chi connectivity index (χ1v) is 8.79. The summed E-state index contributed by atoms with van der Waals surface area (Å²) in [4.78, 5) is 28.2. The van der Waals surface area contributed by atoms with Crippen LogP contribution in [0.4, 0.5) is 5.69 Å². The van der Waals surface area contributed by atoms with E-state index in [-0.39, 0.29) is 24.8 Å². The predicted octanol–water partition coefficient (Wildman–Crippen LogP) is 3.52. The van der Waals surface area contributed by atoms with Crippen molar-refractivity contribution in [2.45, 2.75) is 6.42 Å². The highest BCUT2D eigenvalue weighted by Gasteiger charge is 2.28. The van der Waals surface area contributed by atoms with Crippen molar-refractivity contribution in [2.75, 3.05) is 24.5 Å². The summed E-state index contributed by atoms with van der Waals surface area (Å²) >= 11 is 9.42. The van der Waals surface area contributed by atoms with Crippen molar-refractivity contribution >= 4 is 45.0 Å². The highest BCUT2D eigenvalue weighted by atomic mass is 79.9. The van der Waals surface area contributed by atoms with Crippen LogP contribution in [-0.2, 0) is 16.0 Å². The van der Waals surface area contributed by atoms with Crippen LogP contribution in [0, 0.1) is 0 Å². The van der Waals surface area contributed by atoms with Crippen LogP contribution in [0.1, 0.15) is 5.56 Å². The Bertz CT molecular complexity index is 767. The van der Waals surface area contributed by atoms with Gasteiger partial charge in [-0.05, 0) is 35.9 Å². The normalized spacial score (nSPS) is 14.8. The Hall–Kier alpha value is -1.85. The average molecular weight is 408 g/mol. The molecule has 0 saturated carbocycles. The molecule has 0 aliphatic carbocycles. The minimum atomic E-state index is -0.0703. The van der Waals surface area contributed by atoms with Crippen molar-refractivity contribution in [1.29, 1.82) is 0 Å². The number of hydrogen-bond donors (Lipinski definition) is 0. The lowest BCUT2D eigenvalue weighted by Crippen LogP contribution is -2.52. The Labute approximate surface area is 154 Å². The molecule has 0 radical (unpaired) electrons. The Kier molecular flexibility index (Phi) is 5.21. The van der Waals surface area contributed by atoms with Crippen LogP contribution in [0.25, 0.3) is 0 Å². The molecule has 4 nitrogen and oxygen atoms in total. The number of hydrogen-bond acceptors (Lipinski definition) is 2. The number of para-hydroxylation sites is 1. The van der Waals surface area contributed by atoms with Crippen LogP contribution in [-0.4, -0.2) is 36.3 Å². The maximum Gasteiger partial charge on any atom is 0.246 e. The molecule has 1 fully saturated rings. The van der Waals surface area contributed by atoms with Gasteiger partial charge in [0.1, 0.15) is 6.54 Å². The number of rotatable bonds is 3. The molecule has 1 aliphatic rings. The van der Waals surface area contributed by atoms with Gasteiger partial charge in [-0.25, -0.2) is 0 Å². The Morgan fingerprint density at radius 1 is 1.12 bits per heavy atom. The lowest BCUT2D eigenvalue weighted by atomic mass is 10.1. The van der Waals surface area contributed by atoms with Gasteiger partial charge in [0, 0.05) is 28.3 Å². The summed E-state index contributed by atoms with van der Waals surface area (Å²) in [5, 5.41) is 0.589. The molecule has 24 heavy (non-hydrogen) atoms. The molecule has 2 aromatic carbocycles. The van der Waals surface area contributed by atoms with Gasteiger partial charge in [-0.1, -0.05) is 45.7 Å². The van der Waals surface area contributed by atoms with Gasteiger partial charge in [0.25, 0.3) is 0 Å². The van der Waals surface area contributed by atoms with Crippen LogP contribution < -0.4 is 4.90 Å². The van der Waals surface area contributed by atoms with Crippen molar-refractivity contribution in [1.82, 2.24) is 4.90 Å². The summed E-state index contributed by atoms with van der Waals surface area (Å²) in [6, 6.07) is 14.9. The van der Waals surface area contributed by atoms with Gasteiger partial charge >= 0.3 is 0 Å². The topological polar surface area (TPSA) is 40.6 Å². The number of carbonyl (C=O) groups excluding carboxylic acids is 2. The number of carbonyl (C=O) groups is 2. The van der Waals surface area contributed by atoms with E-state index >= 15 is 0 Å². The number of amides is 2. The first kappa shape index (κ1) is 17.0. The number of piperazine rings is 1. The summed E-state index contributed by atoms with van der Waals surface area (Å²) in [6.07, 6.45) is 0.222. The molecule has 0 unspecified atom stereocenters. The third-order valence-electron chi connectivity index (χ3n) is 3.99. The highest BCUT2D eigenvalue weighted by molar-refractivity contribution is 9.10. The zero-order valence-electron chi connectivity index (χ0n) is 12.9. The molecule has 2 aromatic rings. The summed E-state index contributed by atoms with van der Waals surface area (Å²) in [5.74, 6) is -0.134. The number of benzene rings is 2. The van der Waals surface area contributed by atoms with Gasteiger partial charge in [0.2, 0.25) is 11.8 Å². The van der Waals surface area contributed by atoms with E-state index in [1.165, 1.54) is 0 Å². The molecular formula is C18H16BrClN2O2. The Balaban J connectivity index is 1.66. The second kappa shape index (κ2) is 7.36. The molecule has 2 amide bonds. The molecule has 6 heteroatoms. The van der Waals surface area contributed by atoms with Gasteiger partial charge in [-0.15, -0.1) is 0 Å². The predicted molar refractivity (Wildman–Crippen MR) is 98.2 cm³/mol.